The van der Waals surface area contributed by atoms with E-state index in [2.05, 4.69) is 4.98 Å². The Morgan fingerprint density at radius 3 is 2.67 bits per heavy atom. The van der Waals surface area contributed by atoms with E-state index in [9.17, 15) is 8.42 Å². The Morgan fingerprint density at radius 1 is 1.25 bits per heavy atom. The third kappa shape index (κ3) is 1.17. The first kappa shape index (κ1) is 7.57. The molecule has 0 unspecified atom stereocenters. The molecule has 1 aromatic carbocycles. The van der Waals surface area contributed by atoms with Gasteiger partial charge in [0, 0.05) is 0 Å². The molecule has 2 rings (SSSR count). The Kier molecular flexibility index (Phi) is 1.74. The summed E-state index contributed by atoms with van der Waals surface area (Å²) in [6.45, 7) is 0. The molecule has 12 heavy (non-hydrogen) atoms. The molecule has 0 fully saturated rings. The quantitative estimate of drug-likeness (QED) is 0.656. The maximum atomic E-state index is 10.5. The van der Waals surface area contributed by atoms with Crippen molar-refractivity contribution in [3.05, 3.63) is 28.2 Å². The average Bonchev–Trinajstić information content (AvgIpc) is 2.46. The van der Waals surface area contributed by atoms with Gasteiger partial charge in [-0.1, -0.05) is 12.1 Å². The highest BCUT2D eigenvalue weighted by molar-refractivity contribution is 7.66. The zero-order valence-corrected chi connectivity index (χ0v) is 7.58. The molecule has 0 radical (unpaired) electrons. The molecule has 0 aliphatic heterocycles. The number of hydrogen-bond acceptors (Lipinski definition) is 3. The van der Waals surface area contributed by atoms with Gasteiger partial charge < -0.3 is 4.98 Å². The number of rotatable bonds is 0. The monoisotopic (exact) mass is 199 g/mol. The van der Waals surface area contributed by atoms with Gasteiger partial charge in [0.25, 0.3) is 0 Å². The smallest absolute Gasteiger partial charge is 0.248 e. The van der Waals surface area contributed by atoms with Crippen LogP contribution in [-0.4, -0.2) is 13.4 Å². The Morgan fingerprint density at radius 2 is 2.00 bits per heavy atom. The highest BCUT2D eigenvalue weighted by Crippen LogP contribution is 2.17. The molecule has 0 saturated carbocycles. The van der Waals surface area contributed by atoms with Gasteiger partial charge in [0.05, 0.1) is 10.2 Å². The number of thiazole rings is 1. The lowest BCUT2D eigenvalue weighted by molar-refractivity contribution is 0.624. The van der Waals surface area contributed by atoms with Crippen LogP contribution in [0.25, 0.3) is 10.2 Å². The number of benzene rings is 1. The third-order valence-electron chi connectivity index (χ3n) is 1.48. The minimum atomic E-state index is -2.15. The summed E-state index contributed by atoms with van der Waals surface area (Å²) in [5, 5.41) is 0. The molecule has 0 aliphatic rings. The summed E-state index contributed by atoms with van der Waals surface area (Å²) >= 11 is 1.24. The van der Waals surface area contributed by atoms with E-state index in [1.807, 2.05) is 24.3 Å². The second-order valence-corrected chi connectivity index (χ2v) is 4.43. The van der Waals surface area contributed by atoms with E-state index in [0.717, 1.165) is 10.2 Å². The molecular formula is C7H5NO2S2. The fourth-order valence-corrected chi connectivity index (χ4v) is 2.44. The lowest BCUT2D eigenvalue weighted by Gasteiger charge is -1.81. The van der Waals surface area contributed by atoms with Crippen LogP contribution in [0.2, 0.25) is 0 Å². The van der Waals surface area contributed by atoms with Crippen LogP contribution in [0.4, 0.5) is 0 Å². The van der Waals surface area contributed by atoms with Gasteiger partial charge >= 0.3 is 0 Å². The Balaban J connectivity index is 3.08. The molecule has 5 heteroatoms. The number of aromatic amines is 1. The number of aromatic nitrogens is 1. The predicted molar refractivity (Wildman–Crippen MR) is 48.3 cm³/mol. The van der Waals surface area contributed by atoms with Crippen molar-refractivity contribution in [3.63, 3.8) is 0 Å². The van der Waals surface area contributed by atoms with Gasteiger partial charge in [-0.3, -0.25) is 0 Å². The van der Waals surface area contributed by atoms with Gasteiger partial charge in [-0.25, -0.2) is 0 Å². The lowest BCUT2D eigenvalue weighted by atomic mass is 10.3. The van der Waals surface area contributed by atoms with Crippen molar-refractivity contribution in [1.29, 1.82) is 0 Å². The molecule has 62 valence electrons. The van der Waals surface area contributed by atoms with Crippen LogP contribution in [0.3, 0.4) is 0 Å². The Hall–Kier alpha value is -1.07. The summed E-state index contributed by atoms with van der Waals surface area (Å²) in [4.78, 5) is 2.80. The number of para-hydroxylation sites is 1. The van der Waals surface area contributed by atoms with E-state index >= 15 is 0 Å². The molecule has 1 heterocycles. The fourth-order valence-electron chi connectivity index (χ4n) is 0.970. The number of fused-ring (bicyclic) bond motifs is 1. The first-order valence-electron chi connectivity index (χ1n) is 3.27. The minimum Gasteiger partial charge on any atom is -0.333 e. The van der Waals surface area contributed by atoms with Crippen molar-refractivity contribution in [1.82, 2.24) is 4.98 Å². The average molecular weight is 199 g/mol. The molecule has 0 bridgehead atoms. The summed E-state index contributed by atoms with van der Waals surface area (Å²) in [6.07, 6.45) is 0. The molecule has 0 amide bonds. The Labute approximate surface area is 73.8 Å². The molecule has 0 saturated heterocycles. The second-order valence-electron chi connectivity index (χ2n) is 2.25. The summed E-state index contributed by atoms with van der Waals surface area (Å²) in [5.74, 6) is 0. The lowest BCUT2D eigenvalue weighted by Crippen LogP contribution is -1.65. The molecular weight excluding hydrogens is 194 g/mol. The third-order valence-corrected chi connectivity index (χ3v) is 3.40. The van der Waals surface area contributed by atoms with Gasteiger partial charge in [-0.2, -0.15) is 8.42 Å². The maximum absolute atomic E-state index is 10.5. The molecule has 0 atom stereocenters. The van der Waals surface area contributed by atoms with E-state index in [1.54, 1.807) is 0 Å². The van der Waals surface area contributed by atoms with Crippen LogP contribution >= 0.6 is 11.3 Å². The SMILES string of the molecule is O=S(=O)=c1[nH]c2ccccc2s1. The van der Waals surface area contributed by atoms with Crippen molar-refractivity contribution in [2.45, 2.75) is 0 Å². The number of H-pyrrole nitrogens is 1. The molecule has 2 aromatic rings. The van der Waals surface area contributed by atoms with E-state index in [-0.39, 0.29) is 3.95 Å². The zero-order chi connectivity index (χ0) is 8.55. The van der Waals surface area contributed by atoms with E-state index in [4.69, 9.17) is 0 Å². The van der Waals surface area contributed by atoms with Gasteiger partial charge in [0.1, 0.15) is 0 Å². The fraction of sp³-hybridized carbons (Fsp3) is 0. The summed E-state index contributed by atoms with van der Waals surface area (Å²) < 4.78 is 22.3. The van der Waals surface area contributed by atoms with Gasteiger partial charge in [0.15, 0.2) is 0 Å². The van der Waals surface area contributed by atoms with Gasteiger partial charge in [-0.05, 0) is 12.1 Å². The van der Waals surface area contributed by atoms with E-state index in [0.29, 0.717) is 0 Å². The van der Waals surface area contributed by atoms with Crippen molar-refractivity contribution in [2.24, 2.45) is 0 Å². The van der Waals surface area contributed by atoms with Crippen LogP contribution in [0.15, 0.2) is 24.3 Å². The summed E-state index contributed by atoms with van der Waals surface area (Å²) in [6, 6.07) is 7.47. The van der Waals surface area contributed by atoms with Crippen molar-refractivity contribution < 1.29 is 8.42 Å². The highest BCUT2D eigenvalue weighted by atomic mass is 32.2. The van der Waals surface area contributed by atoms with Gasteiger partial charge in [-0.15, -0.1) is 11.3 Å². The number of nitrogens with one attached hydrogen (secondary N) is 1. The Bertz CT molecular complexity index is 532. The number of hydrogen-bond donors (Lipinski definition) is 1. The van der Waals surface area contributed by atoms with Crippen molar-refractivity contribution in [2.75, 3.05) is 0 Å². The second kappa shape index (κ2) is 2.76. The zero-order valence-electron chi connectivity index (χ0n) is 5.94. The molecule has 3 nitrogen and oxygen atoms in total. The standard InChI is InChI=1S/C7H5NO2S2/c9-12(10)7-8-5-3-1-2-4-6(5)11-7/h1-4,8H. The van der Waals surface area contributed by atoms with E-state index < -0.39 is 10.3 Å². The van der Waals surface area contributed by atoms with Crippen LogP contribution in [0.5, 0.6) is 0 Å². The van der Waals surface area contributed by atoms with Crippen LogP contribution in [-0.2, 0) is 10.3 Å². The van der Waals surface area contributed by atoms with Crippen molar-refractivity contribution >= 4 is 31.8 Å². The molecule has 1 N–H and O–H groups in total. The normalized spacial score (nSPS) is 10.3. The highest BCUT2D eigenvalue weighted by Gasteiger charge is 1.94. The minimum absolute atomic E-state index is 0.274. The first-order chi connectivity index (χ1) is 5.77. The summed E-state index contributed by atoms with van der Waals surface area (Å²) in [5.41, 5.74) is 0.863. The van der Waals surface area contributed by atoms with E-state index in [1.165, 1.54) is 11.3 Å². The largest absolute Gasteiger partial charge is 0.333 e. The molecule has 0 aliphatic carbocycles. The predicted octanol–water partition coefficient (Wildman–Crippen LogP) is 1.64. The first-order valence-corrected chi connectivity index (χ1v) is 5.16. The summed E-state index contributed by atoms with van der Waals surface area (Å²) in [7, 11) is -2.15. The van der Waals surface area contributed by atoms with Gasteiger partial charge in [0.2, 0.25) is 14.2 Å². The molecule has 0 spiro atoms. The van der Waals surface area contributed by atoms with Crippen molar-refractivity contribution in [3.8, 4) is 0 Å². The van der Waals surface area contributed by atoms with Crippen LogP contribution in [0.1, 0.15) is 0 Å². The maximum Gasteiger partial charge on any atom is 0.248 e. The molecule has 1 aromatic heterocycles. The van der Waals surface area contributed by atoms with Crippen LogP contribution in [0, 0.1) is 3.95 Å². The topological polar surface area (TPSA) is 49.9 Å². The van der Waals surface area contributed by atoms with Crippen LogP contribution < -0.4 is 0 Å².